The summed E-state index contributed by atoms with van der Waals surface area (Å²) in [4.78, 5) is 0. The number of oxime groups is 1. The van der Waals surface area contributed by atoms with Gasteiger partial charge in [-0.2, -0.15) is 0 Å². The van der Waals surface area contributed by atoms with Gasteiger partial charge in [0.05, 0.1) is 0 Å². The number of benzene rings is 1. The first-order valence-electron chi connectivity index (χ1n) is 5.24. The highest BCUT2D eigenvalue weighted by Gasteiger charge is 2.22. The molecule has 3 N–H and O–H groups in total. The van der Waals surface area contributed by atoms with Gasteiger partial charge in [0, 0.05) is 17.6 Å². The second-order valence-electron chi connectivity index (χ2n) is 3.89. The van der Waals surface area contributed by atoms with Crippen molar-refractivity contribution in [2.24, 2.45) is 5.16 Å². The van der Waals surface area contributed by atoms with Crippen molar-refractivity contribution in [3.63, 3.8) is 0 Å². The lowest BCUT2D eigenvalue weighted by Gasteiger charge is -2.20. The van der Waals surface area contributed by atoms with E-state index in [1.165, 1.54) is 12.2 Å². The summed E-state index contributed by atoms with van der Waals surface area (Å²) in [6.45, 7) is 0. The number of hydrogen-bond donors (Lipinski definition) is 3. The molecule has 1 aromatic rings. The fraction of sp³-hybridized carbons (Fsp3) is 0.154. The first-order valence-corrected chi connectivity index (χ1v) is 5.24. The van der Waals surface area contributed by atoms with E-state index < -0.39 is 5.79 Å². The van der Waals surface area contributed by atoms with Crippen molar-refractivity contribution >= 4 is 5.71 Å². The molecule has 0 heterocycles. The van der Waals surface area contributed by atoms with Crippen LogP contribution in [0.25, 0.3) is 0 Å². The molecule has 1 aromatic carbocycles. The summed E-state index contributed by atoms with van der Waals surface area (Å²) < 4.78 is 0. The van der Waals surface area contributed by atoms with Crippen LogP contribution < -0.4 is 0 Å². The van der Waals surface area contributed by atoms with Crippen molar-refractivity contribution in [3.8, 4) is 0 Å². The van der Waals surface area contributed by atoms with E-state index in [0.29, 0.717) is 11.3 Å². The van der Waals surface area contributed by atoms with Gasteiger partial charge in [-0.25, -0.2) is 0 Å². The van der Waals surface area contributed by atoms with Gasteiger partial charge in [0.2, 0.25) is 0 Å². The smallest absolute Gasteiger partial charge is 0.186 e. The van der Waals surface area contributed by atoms with Gasteiger partial charge in [0.25, 0.3) is 0 Å². The van der Waals surface area contributed by atoms with E-state index in [1.807, 2.05) is 30.3 Å². The van der Waals surface area contributed by atoms with Crippen molar-refractivity contribution < 1.29 is 15.4 Å². The van der Waals surface area contributed by atoms with Crippen LogP contribution in [0.3, 0.4) is 0 Å². The lowest BCUT2D eigenvalue weighted by molar-refractivity contribution is -0.115. The topological polar surface area (TPSA) is 73.1 Å². The minimum absolute atomic E-state index is 0.0741. The van der Waals surface area contributed by atoms with Gasteiger partial charge in [0.15, 0.2) is 5.79 Å². The summed E-state index contributed by atoms with van der Waals surface area (Å²) in [6, 6.07) is 9.20. The summed E-state index contributed by atoms with van der Waals surface area (Å²) in [5, 5.41) is 31.0. The predicted molar refractivity (Wildman–Crippen MR) is 63.8 cm³/mol. The molecular formula is C13H13NO3. The molecule has 4 nitrogen and oxygen atoms in total. The number of rotatable bonds is 2. The van der Waals surface area contributed by atoms with E-state index in [2.05, 4.69) is 5.16 Å². The standard InChI is InChI=1S/C13H13NO3/c15-13(16)8-6-11(7-9-13)12(14-17)10-4-2-1-3-5-10/h1-8,15-17H,9H2. The number of nitrogens with zero attached hydrogens (tertiary/aromatic N) is 1. The van der Waals surface area contributed by atoms with Gasteiger partial charge in [-0.1, -0.05) is 47.6 Å². The highest BCUT2D eigenvalue weighted by Crippen LogP contribution is 2.21. The number of hydrogen-bond acceptors (Lipinski definition) is 4. The monoisotopic (exact) mass is 231 g/mol. The average molecular weight is 231 g/mol. The molecule has 0 amide bonds. The van der Waals surface area contributed by atoms with Crippen molar-refractivity contribution in [2.75, 3.05) is 0 Å². The molecule has 0 saturated carbocycles. The molecule has 88 valence electrons. The molecule has 0 atom stereocenters. The Bertz CT molecular complexity index is 487. The second kappa shape index (κ2) is 4.53. The first-order chi connectivity index (χ1) is 8.12. The van der Waals surface area contributed by atoms with E-state index in [9.17, 15) is 10.2 Å². The Morgan fingerprint density at radius 3 is 2.41 bits per heavy atom. The third-order valence-electron chi connectivity index (χ3n) is 2.57. The Morgan fingerprint density at radius 2 is 1.88 bits per heavy atom. The van der Waals surface area contributed by atoms with Crippen LogP contribution in [-0.2, 0) is 0 Å². The van der Waals surface area contributed by atoms with Gasteiger partial charge in [-0.15, -0.1) is 0 Å². The quantitative estimate of drug-likeness (QED) is 0.312. The molecule has 0 bridgehead atoms. The van der Waals surface area contributed by atoms with Crippen LogP contribution in [0.1, 0.15) is 12.0 Å². The molecule has 17 heavy (non-hydrogen) atoms. The van der Waals surface area contributed by atoms with Crippen molar-refractivity contribution in [3.05, 3.63) is 59.7 Å². The summed E-state index contributed by atoms with van der Waals surface area (Å²) in [5.41, 5.74) is 1.85. The lowest BCUT2D eigenvalue weighted by atomic mass is 9.95. The van der Waals surface area contributed by atoms with Crippen LogP contribution in [0.4, 0.5) is 0 Å². The SMILES string of the molecule is ON=C(C1=CCC(O)(O)C=C1)c1ccccc1. The second-order valence-corrected chi connectivity index (χ2v) is 3.89. The van der Waals surface area contributed by atoms with Crippen LogP contribution in [0.15, 0.2) is 59.3 Å². The molecular weight excluding hydrogens is 218 g/mol. The highest BCUT2D eigenvalue weighted by atomic mass is 16.5. The highest BCUT2D eigenvalue weighted by molar-refractivity contribution is 6.14. The molecule has 0 aromatic heterocycles. The fourth-order valence-electron chi connectivity index (χ4n) is 1.67. The van der Waals surface area contributed by atoms with Crippen LogP contribution in [-0.4, -0.2) is 26.9 Å². The van der Waals surface area contributed by atoms with Gasteiger partial charge >= 0.3 is 0 Å². The van der Waals surface area contributed by atoms with Gasteiger partial charge in [-0.3, -0.25) is 0 Å². The predicted octanol–water partition coefficient (Wildman–Crippen LogP) is 1.43. The Kier molecular flexibility index (Phi) is 3.08. The fourth-order valence-corrected chi connectivity index (χ4v) is 1.67. The molecule has 2 rings (SSSR count). The van der Waals surface area contributed by atoms with Crippen LogP contribution >= 0.6 is 0 Å². The molecule has 0 radical (unpaired) electrons. The Hall–Kier alpha value is -1.91. The third-order valence-corrected chi connectivity index (χ3v) is 2.57. The number of aliphatic hydroxyl groups is 2. The summed E-state index contributed by atoms with van der Waals surface area (Å²) in [7, 11) is 0. The summed E-state index contributed by atoms with van der Waals surface area (Å²) in [6.07, 6.45) is 4.51. The zero-order valence-corrected chi connectivity index (χ0v) is 9.11. The molecule has 4 heteroatoms. The van der Waals surface area contributed by atoms with E-state index in [1.54, 1.807) is 6.08 Å². The number of allylic oxidation sites excluding steroid dienone is 2. The van der Waals surface area contributed by atoms with Gasteiger partial charge in [0.1, 0.15) is 5.71 Å². The Balaban J connectivity index is 2.29. The molecule has 0 saturated heterocycles. The van der Waals surface area contributed by atoms with E-state index in [4.69, 9.17) is 5.21 Å². The molecule has 0 aliphatic heterocycles. The molecule has 0 spiro atoms. The zero-order valence-electron chi connectivity index (χ0n) is 9.11. The van der Waals surface area contributed by atoms with Crippen LogP contribution in [0.5, 0.6) is 0 Å². The van der Waals surface area contributed by atoms with E-state index >= 15 is 0 Å². The third kappa shape index (κ3) is 2.61. The molecule has 1 aliphatic carbocycles. The maximum Gasteiger partial charge on any atom is 0.186 e. The zero-order chi connectivity index (χ0) is 12.3. The van der Waals surface area contributed by atoms with E-state index in [-0.39, 0.29) is 6.42 Å². The molecule has 0 fully saturated rings. The minimum Gasteiger partial charge on any atom is -0.410 e. The largest absolute Gasteiger partial charge is 0.410 e. The van der Waals surface area contributed by atoms with Crippen molar-refractivity contribution in [1.82, 2.24) is 0 Å². The van der Waals surface area contributed by atoms with Crippen molar-refractivity contribution in [2.45, 2.75) is 12.2 Å². The molecule has 0 unspecified atom stereocenters. The Morgan fingerprint density at radius 1 is 1.18 bits per heavy atom. The Labute approximate surface area is 98.8 Å². The molecule has 1 aliphatic rings. The van der Waals surface area contributed by atoms with Crippen molar-refractivity contribution in [1.29, 1.82) is 0 Å². The first kappa shape index (κ1) is 11.6. The van der Waals surface area contributed by atoms with Gasteiger partial charge < -0.3 is 15.4 Å². The summed E-state index contributed by atoms with van der Waals surface area (Å²) >= 11 is 0. The van der Waals surface area contributed by atoms with E-state index in [0.717, 1.165) is 5.56 Å². The average Bonchev–Trinajstić information content (AvgIpc) is 2.33. The maximum atomic E-state index is 9.34. The lowest BCUT2D eigenvalue weighted by Crippen LogP contribution is -2.26. The maximum absolute atomic E-state index is 9.34. The normalized spacial score (nSPS) is 18.9. The minimum atomic E-state index is -1.80. The van der Waals surface area contributed by atoms with Crippen LogP contribution in [0, 0.1) is 0 Å². The van der Waals surface area contributed by atoms with Crippen LogP contribution in [0.2, 0.25) is 0 Å². The van der Waals surface area contributed by atoms with Gasteiger partial charge in [-0.05, 0) is 6.08 Å². The summed E-state index contributed by atoms with van der Waals surface area (Å²) in [5.74, 6) is -1.80.